The Kier molecular flexibility index (Phi) is 3.18. The summed E-state index contributed by atoms with van der Waals surface area (Å²) in [4.78, 5) is 2.19. The maximum absolute atomic E-state index is 5.91. The van der Waals surface area contributed by atoms with Gasteiger partial charge in [0.05, 0.1) is 11.4 Å². The van der Waals surface area contributed by atoms with Crippen LogP contribution in [0.1, 0.15) is 18.9 Å². The van der Waals surface area contributed by atoms with Crippen molar-refractivity contribution in [1.82, 2.24) is 0 Å². The van der Waals surface area contributed by atoms with Crippen molar-refractivity contribution in [1.29, 1.82) is 0 Å². The second kappa shape index (κ2) is 4.17. The minimum atomic E-state index is 0.871. The first kappa shape index (κ1) is 9.90. The average Bonchev–Trinajstić information content (AvgIpc) is 2.04. The van der Waals surface area contributed by atoms with Crippen LogP contribution in [0.25, 0.3) is 0 Å². The van der Waals surface area contributed by atoms with Gasteiger partial charge in [0.1, 0.15) is 0 Å². The summed E-state index contributed by atoms with van der Waals surface area (Å²) in [5.41, 5.74) is 9.13. The number of nitrogens with two attached hydrogens (primary N) is 1. The van der Waals surface area contributed by atoms with Crippen LogP contribution in [0.2, 0.25) is 0 Å². The lowest BCUT2D eigenvalue weighted by Crippen LogP contribution is -2.18. The Bertz CT molecular complexity index is 281. The zero-order chi connectivity index (χ0) is 9.84. The quantitative estimate of drug-likeness (QED) is 0.720. The largest absolute Gasteiger partial charge is 0.397 e. The van der Waals surface area contributed by atoms with Gasteiger partial charge in [-0.2, -0.15) is 0 Å². The van der Waals surface area contributed by atoms with Gasteiger partial charge in [0.15, 0.2) is 0 Å². The highest BCUT2D eigenvalue weighted by Gasteiger charge is 2.03. The van der Waals surface area contributed by atoms with Gasteiger partial charge in [0.25, 0.3) is 0 Å². The topological polar surface area (TPSA) is 29.3 Å². The highest BCUT2D eigenvalue weighted by molar-refractivity contribution is 5.67. The average molecular weight is 178 g/mol. The van der Waals surface area contributed by atoms with Crippen LogP contribution in [0.15, 0.2) is 18.2 Å². The van der Waals surface area contributed by atoms with Gasteiger partial charge in [-0.25, -0.2) is 0 Å². The third kappa shape index (κ3) is 2.38. The summed E-state index contributed by atoms with van der Waals surface area (Å²) in [7, 11) is 2.07. The number of anilines is 2. The fraction of sp³-hybridized carbons (Fsp3) is 0.455. The molecule has 0 saturated heterocycles. The SMILES string of the molecule is CCCN(C)c1ccc(C)cc1N. The molecule has 0 unspecified atom stereocenters. The minimum Gasteiger partial charge on any atom is -0.397 e. The fourth-order valence-corrected chi connectivity index (χ4v) is 1.48. The van der Waals surface area contributed by atoms with Crippen molar-refractivity contribution >= 4 is 11.4 Å². The summed E-state index contributed by atoms with van der Waals surface area (Å²) in [6.07, 6.45) is 1.14. The van der Waals surface area contributed by atoms with Crippen molar-refractivity contribution in [3.8, 4) is 0 Å². The van der Waals surface area contributed by atoms with E-state index >= 15 is 0 Å². The van der Waals surface area contributed by atoms with Crippen LogP contribution in [0.3, 0.4) is 0 Å². The standard InChI is InChI=1S/C11H18N2/c1-4-7-13(3)11-6-5-9(2)8-10(11)12/h5-6,8H,4,7,12H2,1-3H3. The predicted octanol–water partition coefficient (Wildman–Crippen LogP) is 2.42. The van der Waals surface area contributed by atoms with E-state index in [-0.39, 0.29) is 0 Å². The monoisotopic (exact) mass is 178 g/mol. The molecule has 0 heterocycles. The molecule has 0 bridgehead atoms. The van der Waals surface area contributed by atoms with Crippen molar-refractivity contribution < 1.29 is 0 Å². The Morgan fingerprint density at radius 3 is 2.62 bits per heavy atom. The van der Waals surface area contributed by atoms with Crippen molar-refractivity contribution in [2.75, 3.05) is 24.2 Å². The summed E-state index contributed by atoms with van der Waals surface area (Å²) in [6, 6.07) is 6.19. The number of nitrogens with zero attached hydrogens (tertiary/aromatic N) is 1. The van der Waals surface area contributed by atoms with Crippen LogP contribution >= 0.6 is 0 Å². The lowest BCUT2D eigenvalue weighted by molar-refractivity contribution is 0.853. The summed E-state index contributed by atoms with van der Waals surface area (Å²) in [6.45, 7) is 5.27. The molecular formula is C11H18N2. The van der Waals surface area contributed by atoms with E-state index < -0.39 is 0 Å². The maximum Gasteiger partial charge on any atom is 0.0597 e. The summed E-state index contributed by atoms with van der Waals surface area (Å²) >= 11 is 0. The molecule has 0 aromatic heterocycles. The first-order chi connectivity index (χ1) is 6.15. The predicted molar refractivity (Wildman–Crippen MR) is 59.2 cm³/mol. The van der Waals surface area contributed by atoms with Crippen LogP contribution in [-0.2, 0) is 0 Å². The lowest BCUT2D eigenvalue weighted by Gasteiger charge is -2.20. The second-order valence-electron chi connectivity index (χ2n) is 3.48. The minimum absolute atomic E-state index is 0.871. The fourth-order valence-electron chi connectivity index (χ4n) is 1.48. The zero-order valence-electron chi connectivity index (χ0n) is 8.67. The van der Waals surface area contributed by atoms with E-state index in [2.05, 4.69) is 37.9 Å². The Labute approximate surface area is 80.4 Å². The molecule has 72 valence electrons. The molecule has 0 amide bonds. The molecule has 2 N–H and O–H groups in total. The Morgan fingerprint density at radius 1 is 1.38 bits per heavy atom. The Hall–Kier alpha value is -1.18. The normalized spacial score (nSPS) is 10.1. The molecule has 0 fully saturated rings. The van der Waals surface area contributed by atoms with E-state index in [0.29, 0.717) is 0 Å². The van der Waals surface area contributed by atoms with E-state index in [9.17, 15) is 0 Å². The molecule has 0 aliphatic carbocycles. The van der Waals surface area contributed by atoms with Crippen LogP contribution in [-0.4, -0.2) is 13.6 Å². The highest BCUT2D eigenvalue weighted by Crippen LogP contribution is 2.22. The van der Waals surface area contributed by atoms with Gasteiger partial charge < -0.3 is 10.6 Å². The number of rotatable bonds is 3. The van der Waals surface area contributed by atoms with E-state index in [1.807, 2.05) is 6.07 Å². The van der Waals surface area contributed by atoms with Gasteiger partial charge in [-0.3, -0.25) is 0 Å². The van der Waals surface area contributed by atoms with Crippen LogP contribution in [0.4, 0.5) is 11.4 Å². The van der Waals surface area contributed by atoms with Gasteiger partial charge in [0, 0.05) is 13.6 Å². The Morgan fingerprint density at radius 2 is 2.08 bits per heavy atom. The molecule has 13 heavy (non-hydrogen) atoms. The first-order valence-corrected chi connectivity index (χ1v) is 4.72. The number of hydrogen-bond acceptors (Lipinski definition) is 2. The molecule has 0 atom stereocenters. The molecule has 1 rings (SSSR count). The maximum atomic E-state index is 5.91. The molecule has 0 radical (unpaired) electrons. The molecule has 1 aromatic rings. The molecular weight excluding hydrogens is 160 g/mol. The third-order valence-electron chi connectivity index (χ3n) is 2.15. The molecule has 0 spiro atoms. The molecule has 2 heteroatoms. The van der Waals surface area contributed by atoms with Gasteiger partial charge in [-0.05, 0) is 31.0 Å². The summed E-state index contributed by atoms with van der Waals surface area (Å²) in [5, 5.41) is 0. The van der Waals surface area contributed by atoms with Gasteiger partial charge in [-0.15, -0.1) is 0 Å². The third-order valence-corrected chi connectivity index (χ3v) is 2.15. The zero-order valence-corrected chi connectivity index (χ0v) is 8.67. The molecule has 0 aliphatic heterocycles. The first-order valence-electron chi connectivity index (χ1n) is 4.72. The summed E-state index contributed by atoms with van der Waals surface area (Å²) in [5.74, 6) is 0. The van der Waals surface area contributed by atoms with Gasteiger partial charge in [0.2, 0.25) is 0 Å². The van der Waals surface area contributed by atoms with Gasteiger partial charge >= 0.3 is 0 Å². The van der Waals surface area contributed by atoms with Crippen LogP contribution in [0.5, 0.6) is 0 Å². The number of hydrogen-bond donors (Lipinski definition) is 1. The number of aryl methyl sites for hydroxylation is 1. The van der Waals surface area contributed by atoms with E-state index in [1.165, 1.54) is 5.56 Å². The molecule has 1 aromatic carbocycles. The van der Waals surface area contributed by atoms with E-state index in [1.54, 1.807) is 0 Å². The smallest absolute Gasteiger partial charge is 0.0597 e. The van der Waals surface area contributed by atoms with Crippen molar-refractivity contribution in [2.45, 2.75) is 20.3 Å². The van der Waals surface area contributed by atoms with Crippen LogP contribution in [0, 0.1) is 6.92 Å². The second-order valence-corrected chi connectivity index (χ2v) is 3.48. The molecule has 2 nitrogen and oxygen atoms in total. The van der Waals surface area contributed by atoms with Crippen molar-refractivity contribution in [3.63, 3.8) is 0 Å². The van der Waals surface area contributed by atoms with E-state index in [4.69, 9.17) is 5.73 Å². The number of benzene rings is 1. The van der Waals surface area contributed by atoms with E-state index in [0.717, 1.165) is 24.3 Å². The van der Waals surface area contributed by atoms with Crippen molar-refractivity contribution in [3.05, 3.63) is 23.8 Å². The van der Waals surface area contributed by atoms with Gasteiger partial charge in [-0.1, -0.05) is 13.0 Å². The summed E-state index contributed by atoms with van der Waals surface area (Å²) < 4.78 is 0. The number of nitrogen functional groups attached to an aromatic ring is 1. The highest BCUT2D eigenvalue weighted by atomic mass is 15.1. The van der Waals surface area contributed by atoms with Crippen LogP contribution < -0.4 is 10.6 Å². The van der Waals surface area contributed by atoms with Crippen molar-refractivity contribution in [2.24, 2.45) is 0 Å². The molecule has 0 aliphatic rings. The Balaban J connectivity index is 2.88. The molecule has 0 saturated carbocycles. The lowest BCUT2D eigenvalue weighted by atomic mass is 10.2.